The highest BCUT2D eigenvalue weighted by Crippen LogP contribution is 2.38. The summed E-state index contributed by atoms with van der Waals surface area (Å²) in [5.74, 6) is 2.11. The van der Waals surface area contributed by atoms with Crippen molar-refractivity contribution < 1.29 is 51.5 Å². The number of furan rings is 4. The van der Waals surface area contributed by atoms with Crippen LogP contribution in [-0.4, -0.2) is 58.3 Å². The monoisotopic (exact) mass is 1250 g/mol. The lowest BCUT2D eigenvalue weighted by molar-refractivity contribution is -0.124. The first-order valence-electron chi connectivity index (χ1n) is 25.6. The van der Waals surface area contributed by atoms with Crippen LogP contribution in [0.25, 0.3) is 52.2 Å². The van der Waals surface area contributed by atoms with E-state index in [-0.39, 0.29) is 64.2 Å². The number of benzene rings is 5. The van der Waals surface area contributed by atoms with Gasteiger partial charge < -0.3 is 22.8 Å². The predicted octanol–water partition coefficient (Wildman–Crippen LogP) is 17.6. The lowest BCUT2D eigenvalue weighted by Gasteiger charge is -2.12. The zero-order valence-electron chi connectivity index (χ0n) is 44.4. The third-order valence-corrected chi connectivity index (χ3v) is 16.6. The third-order valence-electron chi connectivity index (χ3n) is 12.8. The summed E-state index contributed by atoms with van der Waals surface area (Å²) in [6.07, 6.45) is 6.43. The van der Waals surface area contributed by atoms with Gasteiger partial charge in [-0.3, -0.25) is 38.7 Å². The molecule has 20 heteroatoms. The van der Waals surface area contributed by atoms with E-state index in [2.05, 4.69) is 0 Å². The largest absolute Gasteiger partial charge is 0.478 e. The average Bonchev–Trinajstić information content (AvgIpc) is 4.59. The number of thiocarbonyl (C=S) groups is 1. The molecule has 12 rings (SSSR count). The van der Waals surface area contributed by atoms with Gasteiger partial charge in [-0.2, -0.15) is 0 Å². The van der Waals surface area contributed by atoms with Crippen LogP contribution < -0.4 is 0 Å². The van der Waals surface area contributed by atoms with Gasteiger partial charge in [0.2, 0.25) is 0 Å². The number of amides is 5. The van der Waals surface area contributed by atoms with E-state index >= 15 is 0 Å². The van der Waals surface area contributed by atoms with Crippen molar-refractivity contribution in [2.45, 2.75) is 40.9 Å². The van der Waals surface area contributed by atoms with E-state index in [4.69, 9.17) is 53.1 Å². The Kier molecular flexibility index (Phi) is 19.6. The molecular weight excluding hydrogens is 1200 g/mol. The summed E-state index contributed by atoms with van der Waals surface area (Å²) in [6, 6.07) is 51.4. The first kappa shape index (κ1) is 61.0. The second kappa shape index (κ2) is 27.4. The van der Waals surface area contributed by atoms with Gasteiger partial charge in [-0.1, -0.05) is 145 Å². The quantitative estimate of drug-likeness (QED) is 0.0848. The van der Waals surface area contributed by atoms with Gasteiger partial charge in [0.05, 0.1) is 51.2 Å². The van der Waals surface area contributed by atoms with Gasteiger partial charge in [0, 0.05) is 39.9 Å². The number of hydrogen-bond donors (Lipinski definition) is 1. The van der Waals surface area contributed by atoms with Crippen molar-refractivity contribution in [1.82, 2.24) is 14.7 Å². The summed E-state index contributed by atoms with van der Waals surface area (Å²) < 4.78 is 23.2. The summed E-state index contributed by atoms with van der Waals surface area (Å²) in [4.78, 5) is 79.1. The first-order chi connectivity index (χ1) is 40.5. The first-order valence-corrected chi connectivity index (χ1v) is 29.2. The number of hydrogen-bond acceptors (Lipinski definition) is 14. The summed E-state index contributed by atoms with van der Waals surface area (Å²) >= 11 is 20.2. The second-order valence-corrected chi connectivity index (χ2v) is 23.3. The van der Waals surface area contributed by atoms with E-state index in [1.54, 1.807) is 60.9 Å². The van der Waals surface area contributed by atoms with Gasteiger partial charge in [-0.05, 0) is 139 Å². The number of halogens is 2. The number of imide groups is 2. The van der Waals surface area contributed by atoms with Gasteiger partial charge in [-0.25, -0.2) is 4.79 Å². The number of aryl methyl sites for hydroxylation is 2. The molecule has 3 saturated heterocycles. The molecular formula is C65H49Cl2N3O11S4. The molecule has 0 saturated carbocycles. The Morgan fingerprint density at radius 3 is 1.44 bits per heavy atom. The molecule has 85 heavy (non-hydrogen) atoms. The minimum Gasteiger partial charge on any atom is -0.478 e. The van der Waals surface area contributed by atoms with E-state index in [1.165, 1.54) is 44.7 Å². The number of rotatable bonds is 13. The molecule has 5 aromatic carbocycles. The summed E-state index contributed by atoms with van der Waals surface area (Å²) in [5.41, 5.74) is 6.39. The van der Waals surface area contributed by atoms with E-state index in [0.717, 1.165) is 62.7 Å². The summed E-state index contributed by atoms with van der Waals surface area (Å²) in [5, 5.41) is 9.39. The van der Waals surface area contributed by atoms with E-state index < -0.39 is 5.97 Å². The minimum absolute atomic E-state index is 0. The van der Waals surface area contributed by atoms with Gasteiger partial charge in [-0.15, -0.1) is 0 Å². The number of carbonyl (C=O) groups excluding carboxylic acids is 5. The molecule has 0 radical (unpaired) electrons. The smallest absolute Gasteiger partial charge is 0.337 e. The molecule has 0 atom stereocenters. The zero-order valence-corrected chi connectivity index (χ0v) is 49.1. The Morgan fingerprint density at radius 1 is 0.518 bits per heavy atom. The van der Waals surface area contributed by atoms with E-state index in [9.17, 15) is 33.9 Å². The minimum atomic E-state index is -1.14. The van der Waals surface area contributed by atoms with E-state index in [1.807, 2.05) is 129 Å². The van der Waals surface area contributed by atoms with Gasteiger partial charge in [0.15, 0.2) is 0 Å². The lowest BCUT2D eigenvalue weighted by atomic mass is 10.1. The Labute approximate surface area is 516 Å². The van der Waals surface area contributed by atoms with Crippen molar-refractivity contribution in [3.8, 4) is 34.0 Å². The zero-order chi connectivity index (χ0) is 59.0. The molecule has 3 aliphatic heterocycles. The molecule has 0 bridgehead atoms. The average molecular weight is 1250 g/mol. The number of carbonyl (C=O) groups is 6. The van der Waals surface area contributed by atoms with Crippen molar-refractivity contribution in [3.63, 3.8) is 0 Å². The molecule has 0 unspecified atom stereocenters. The Balaban J connectivity index is 0.000000153. The predicted molar refractivity (Wildman–Crippen MR) is 339 cm³/mol. The molecule has 5 amide bonds. The highest BCUT2D eigenvalue weighted by molar-refractivity contribution is 8.26. The molecule has 0 spiro atoms. The van der Waals surface area contributed by atoms with Crippen molar-refractivity contribution in [2.24, 2.45) is 0 Å². The lowest BCUT2D eigenvalue weighted by Crippen LogP contribution is -2.27. The molecule has 3 aliphatic rings. The third kappa shape index (κ3) is 15.0. The highest BCUT2D eigenvalue weighted by atomic mass is 35.5. The van der Waals surface area contributed by atoms with Gasteiger partial charge in [0.1, 0.15) is 44.6 Å². The maximum atomic E-state index is 12.7. The van der Waals surface area contributed by atoms with Crippen molar-refractivity contribution >= 4 is 127 Å². The summed E-state index contributed by atoms with van der Waals surface area (Å²) in [7, 11) is 0. The van der Waals surface area contributed by atoms with Crippen LogP contribution in [0.1, 0.15) is 63.1 Å². The van der Waals surface area contributed by atoms with Crippen LogP contribution in [0.5, 0.6) is 0 Å². The molecule has 9 aromatic rings. The number of carboxylic acid groups (broad SMARTS) is 1. The topological polar surface area (TPSA) is 185 Å². The molecule has 3 fully saturated rings. The normalized spacial score (nSPS) is 15.4. The standard InChI is InChI=1S/C23H16ClNO5S.C22H16ClNO3S.C19H13NO3S2.CH4/c1-13-2-4-14(5-3-13)12-25-21(26)20(31-23(25)29)11-16-7-9-19(30-16)15-6-8-18(24)17(10-15)22(27)28;1-14-2-4-15(5-3-14)13-24-21(25)20(28-22(24)26)12-18-10-11-19(27-18)16-6-8-17(23)9-7-16;21-18-17(25-19(24)20(18)12-15-7-4-10-22-15)11-14-8-9-16(23-14)13-5-2-1-3-6-13;/h2-11H,12H2,1H3,(H,27,28);2-12H,13H2,1H3;1-11H,12H2;1H4/b20-11-;20-12-;17-11-;. The molecule has 428 valence electrons. The van der Waals surface area contributed by atoms with Crippen molar-refractivity contribution in [1.29, 1.82) is 0 Å². The van der Waals surface area contributed by atoms with Crippen molar-refractivity contribution in [2.75, 3.05) is 0 Å². The van der Waals surface area contributed by atoms with Crippen LogP contribution in [0.4, 0.5) is 9.59 Å². The second-order valence-electron chi connectivity index (χ2n) is 18.8. The Hall–Kier alpha value is -8.62. The molecule has 0 aliphatic carbocycles. The van der Waals surface area contributed by atoms with Crippen LogP contribution in [0, 0.1) is 13.8 Å². The van der Waals surface area contributed by atoms with Crippen LogP contribution in [0.3, 0.4) is 0 Å². The molecule has 4 aromatic heterocycles. The Morgan fingerprint density at radius 2 is 0.965 bits per heavy atom. The van der Waals surface area contributed by atoms with Crippen LogP contribution in [0.15, 0.2) is 209 Å². The number of thioether (sulfide) groups is 3. The van der Waals surface area contributed by atoms with Gasteiger partial charge in [0.25, 0.3) is 28.2 Å². The number of nitrogens with zero attached hydrogens (tertiary/aromatic N) is 3. The Bertz CT molecular complexity index is 4070. The fourth-order valence-corrected chi connectivity index (χ4v) is 11.6. The number of carboxylic acids is 1. The molecule has 7 heterocycles. The maximum absolute atomic E-state index is 12.7. The fraction of sp³-hybridized carbons (Fsp3) is 0.0923. The van der Waals surface area contributed by atoms with Crippen LogP contribution in [0.2, 0.25) is 10.0 Å². The summed E-state index contributed by atoms with van der Waals surface area (Å²) in [6.45, 7) is 4.76. The molecule has 1 N–H and O–H groups in total. The fourth-order valence-electron chi connectivity index (χ4n) is 8.42. The van der Waals surface area contributed by atoms with E-state index in [0.29, 0.717) is 65.8 Å². The molecule has 14 nitrogen and oxygen atoms in total. The van der Waals surface area contributed by atoms with Crippen molar-refractivity contribution in [3.05, 3.63) is 252 Å². The maximum Gasteiger partial charge on any atom is 0.337 e. The van der Waals surface area contributed by atoms with Crippen LogP contribution >= 0.6 is 70.7 Å². The SMILES string of the molecule is C.Cc1ccc(CN2C(=O)S/C(=C\c3ccc(-c4ccc(Cl)c(C(=O)O)c4)o3)C2=O)cc1.Cc1ccc(CN2C(=O)S/C(=C\c3ccc(-c4ccc(Cl)cc4)o3)C2=O)cc1.O=C1/C(=C/c2ccc(-c3ccccc3)o2)SC(=S)N1Cc1ccco1. The van der Waals surface area contributed by atoms with Gasteiger partial charge >= 0.3 is 5.97 Å². The van der Waals surface area contributed by atoms with Crippen LogP contribution in [-0.2, 0) is 34.0 Å². The number of aromatic carboxylic acids is 1. The highest BCUT2D eigenvalue weighted by Gasteiger charge is 2.37.